The fourth-order valence-electron chi connectivity index (χ4n) is 15.3. The fraction of sp³-hybridized carbons (Fsp3) is 0.0127. The summed E-state index contributed by atoms with van der Waals surface area (Å²) in [5.74, 6) is 0. The monoisotopic (exact) mass is 1100 g/mol. The Balaban J connectivity index is 0.991. The Morgan fingerprint density at radius 2 is 0.744 bits per heavy atom. The van der Waals surface area contributed by atoms with E-state index in [4.69, 9.17) is 17.7 Å². The number of aromatic nitrogens is 1. The van der Waals surface area contributed by atoms with Crippen molar-refractivity contribution in [2.45, 2.75) is 5.41 Å². The predicted molar refractivity (Wildman–Crippen MR) is 350 cm³/mol. The Hall–Kier alpha value is -11.5. The molecule has 1 aliphatic heterocycles. The molecule has 13 aromatic carbocycles. The molecule has 0 fully saturated rings. The third-order valence-corrected chi connectivity index (χ3v) is 18.7. The molecule has 1 unspecified atom stereocenters. The molecule has 1 spiro atoms. The van der Waals surface area contributed by atoms with Crippen LogP contribution in [0.25, 0.3) is 126 Å². The Labute approximate surface area is 490 Å². The van der Waals surface area contributed by atoms with Gasteiger partial charge in [-0.25, -0.2) is 0 Å². The van der Waals surface area contributed by atoms with Crippen LogP contribution in [0, 0.1) is 0 Å². The van der Waals surface area contributed by atoms with Crippen LogP contribution in [-0.4, -0.2) is 4.57 Å². The minimum Gasteiger partial charge on any atom is -0.456 e. The normalized spacial score (nSPS) is 14.3. The van der Waals surface area contributed by atoms with Crippen molar-refractivity contribution in [1.82, 2.24) is 4.57 Å². The lowest BCUT2D eigenvalue weighted by atomic mass is 9.65. The lowest BCUT2D eigenvalue weighted by molar-refractivity contribution is 0.667. The number of rotatable bonds is 6. The van der Waals surface area contributed by atoms with Gasteiger partial charge in [-0.15, -0.1) is 0 Å². The summed E-state index contributed by atoms with van der Waals surface area (Å²) in [5, 5.41) is 10.7. The molecule has 86 heavy (non-hydrogen) atoms. The van der Waals surface area contributed by atoms with Gasteiger partial charge in [0.15, 0.2) is 5.58 Å². The molecule has 7 heteroatoms. The van der Waals surface area contributed by atoms with Crippen molar-refractivity contribution in [3.63, 3.8) is 0 Å². The molecule has 18 aromatic rings. The highest BCUT2D eigenvalue weighted by Crippen LogP contribution is 2.67. The van der Waals surface area contributed by atoms with Crippen LogP contribution < -0.4 is 9.80 Å². The highest BCUT2D eigenvalue weighted by Gasteiger charge is 2.54. The van der Waals surface area contributed by atoms with Crippen LogP contribution in [0.1, 0.15) is 22.3 Å². The van der Waals surface area contributed by atoms with Crippen molar-refractivity contribution >= 4 is 144 Å². The first-order chi connectivity index (χ1) is 42.7. The van der Waals surface area contributed by atoms with Gasteiger partial charge in [-0.3, -0.25) is 0 Å². The van der Waals surface area contributed by atoms with Gasteiger partial charge in [-0.05, 0) is 119 Å². The van der Waals surface area contributed by atoms with Gasteiger partial charge in [-0.1, -0.05) is 164 Å². The molecule has 0 radical (unpaired) electrons. The molecule has 7 nitrogen and oxygen atoms in total. The van der Waals surface area contributed by atoms with Gasteiger partial charge in [0.2, 0.25) is 0 Å². The summed E-state index contributed by atoms with van der Waals surface area (Å²) in [6, 6.07) is 98.3. The van der Waals surface area contributed by atoms with E-state index in [0.29, 0.717) is 0 Å². The van der Waals surface area contributed by atoms with Crippen LogP contribution in [0.3, 0.4) is 0 Å². The van der Waals surface area contributed by atoms with E-state index in [9.17, 15) is 0 Å². The summed E-state index contributed by atoms with van der Waals surface area (Å²) in [4.78, 5) is 4.79. The number of nitrogens with zero attached hydrogens (tertiary/aromatic N) is 3. The van der Waals surface area contributed by atoms with E-state index in [0.717, 1.165) is 161 Å². The van der Waals surface area contributed by atoms with Crippen molar-refractivity contribution in [2.75, 3.05) is 9.80 Å². The van der Waals surface area contributed by atoms with E-state index in [2.05, 4.69) is 269 Å². The Kier molecular flexibility index (Phi) is 8.99. The van der Waals surface area contributed by atoms with Crippen LogP contribution in [0.2, 0.25) is 0 Å². The Morgan fingerprint density at radius 1 is 0.279 bits per heavy atom. The number of fused-ring (bicyclic) bond motifs is 26. The first kappa shape index (κ1) is 46.0. The summed E-state index contributed by atoms with van der Waals surface area (Å²) in [7, 11) is 0. The van der Waals surface area contributed by atoms with Crippen molar-refractivity contribution in [1.29, 1.82) is 0 Å². The largest absolute Gasteiger partial charge is 0.456 e. The average molecular weight is 1100 g/mol. The zero-order chi connectivity index (χ0) is 55.9. The van der Waals surface area contributed by atoms with Gasteiger partial charge in [0.25, 0.3) is 0 Å². The summed E-state index contributed by atoms with van der Waals surface area (Å²) < 4.78 is 31.1. The molecule has 5 aromatic heterocycles. The van der Waals surface area contributed by atoms with E-state index >= 15 is 0 Å². The van der Waals surface area contributed by atoms with Gasteiger partial charge in [-0.2, -0.15) is 0 Å². The molecule has 2 aliphatic rings. The van der Waals surface area contributed by atoms with Gasteiger partial charge in [0.1, 0.15) is 39.1 Å². The number of hydrogen-bond donors (Lipinski definition) is 0. The maximum absolute atomic E-state index is 7.66. The molecular weight excluding hydrogens is 1050 g/mol. The Morgan fingerprint density at radius 3 is 1.40 bits per heavy atom. The Bertz CT molecular complexity index is 5940. The second-order valence-corrected chi connectivity index (χ2v) is 23.0. The van der Waals surface area contributed by atoms with Gasteiger partial charge in [0.05, 0.1) is 44.6 Å². The molecule has 0 N–H and O–H groups in total. The minimum absolute atomic E-state index is 0.760. The van der Waals surface area contributed by atoms with Gasteiger partial charge < -0.3 is 32.0 Å². The highest BCUT2D eigenvalue weighted by molar-refractivity contribution is 6.27. The van der Waals surface area contributed by atoms with Gasteiger partial charge in [0, 0.05) is 88.8 Å². The summed E-state index contributed by atoms with van der Waals surface area (Å²) in [5.41, 5.74) is 21.3. The van der Waals surface area contributed by atoms with Crippen LogP contribution in [0.15, 0.2) is 291 Å². The molecule has 6 heterocycles. The lowest BCUT2D eigenvalue weighted by Crippen LogP contribution is -2.33. The van der Waals surface area contributed by atoms with E-state index < -0.39 is 5.41 Å². The zero-order valence-corrected chi connectivity index (χ0v) is 46.0. The third kappa shape index (κ3) is 5.90. The van der Waals surface area contributed by atoms with E-state index in [1.165, 1.54) is 21.9 Å². The zero-order valence-electron chi connectivity index (χ0n) is 46.0. The number of hydrogen-bond acceptors (Lipinski definition) is 6. The number of benzene rings is 13. The summed E-state index contributed by atoms with van der Waals surface area (Å²) >= 11 is 0. The predicted octanol–water partition coefficient (Wildman–Crippen LogP) is 22.0. The quantitative estimate of drug-likeness (QED) is 0.165. The van der Waals surface area contributed by atoms with Crippen molar-refractivity contribution in [3.8, 4) is 16.8 Å². The first-order valence-electron chi connectivity index (χ1n) is 29.3. The van der Waals surface area contributed by atoms with E-state index in [1.807, 2.05) is 18.2 Å². The lowest BCUT2D eigenvalue weighted by Gasteiger charge is -2.40. The molecular formula is C79H45N3O4. The van der Waals surface area contributed by atoms with Crippen LogP contribution in [0.5, 0.6) is 0 Å². The van der Waals surface area contributed by atoms with Crippen LogP contribution in [-0.2, 0) is 5.41 Å². The molecule has 20 rings (SSSR count). The standard InChI is InChI=1S/C79H45N3O4/c1-3-20-46(21-4-1)80(48-38-40-53-51-25-8-15-34-66(51)83-70(53)42-48)64-44-61-75(78-72(64)56-27-10-17-36-68(56)86-78)74-60(79(61)58-30-12-14-33-63(58)82-62-32-13-7-24-50(62)55-29-19-31-59(79)76(55)82)45-65(77-73(74)57-28-11-18-37-69(57)85-77)81(47-22-5-2-6-23-47)49-39-41-54-52-26-9-16-35-67(52)84-71(54)43-49/h1-45H. The smallest absolute Gasteiger partial charge is 0.160 e. The maximum atomic E-state index is 7.66. The molecule has 1 aliphatic carbocycles. The molecule has 0 saturated carbocycles. The summed E-state index contributed by atoms with van der Waals surface area (Å²) in [6.07, 6.45) is 0. The first-order valence-corrected chi connectivity index (χ1v) is 29.3. The second-order valence-electron chi connectivity index (χ2n) is 23.0. The fourth-order valence-corrected chi connectivity index (χ4v) is 15.3. The van der Waals surface area contributed by atoms with E-state index in [1.54, 1.807) is 0 Å². The molecule has 0 bridgehead atoms. The second kappa shape index (κ2) is 16.8. The van der Waals surface area contributed by atoms with Crippen molar-refractivity contribution in [2.24, 2.45) is 0 Å². The number of para-hydroxylation sites is 9. The summed E-state index contributed by atoms with van der Waals surface area (Å²) in [6.45, 7) is 0. The van der Waals surface area contributed by atoms with Gasteiger partial charge >= 0.3 is 0 Å². The topological polar surface area (TPSA) is 64.0 Å². The van der Waals surface area contributed by atoms with Crippen LogP contribution in [0.4, 0.5) is 34.1 Å². The number of furan rings is 4. The SMILES string of the molecule is c1ccc(N(c2ccc3c(c2)oc2ccccc23)c2cc3c(c4c2oc2ccccc24)-c2c(cc(N(c4ccccc4)c4ccc5c(c4)oc4ccccc45)c4c2oc2ccccc24)C32c3ccccc3-n3c4ccccc4c4cccc2c43)cc1. The molecule has 1 atom stereocenters. The number of anilines is 6. The van der Waals surface area contributed by atoms with Crippen molar-refractivity contribution < 1.29 is 17.7 Å². The molecule has 400 valence electrons. The van der Waals surface area contributed by atoms with Crippen LogP contribution >= 0.6 is 0 Å². The van der Waals surface area contributed by atoms with Crippen molar-refractivity contribution in [3.05, 3.63) is 295 Å². The van der Waals surface area contributed by atoms with E-state index in [-0.39, 0.29) is 0 Å². The molecule has 0 amide bonds. The minimum atomic E-state index is -0.982. The third-order valence-electron chi connectivity index (χ3n) is 18.7. The molecule has 0 saturated heterocycles. The average Bonchev–Trinajstić information content (AvgIpc) is 1.47. The highest BCUT2D eigenvalue weighted by atomic mass is 16.3. The maximum Gasteiger partial charge on any atom is 0.160 e.